The Morgan fingerprint density at radius 3 is 2.53 bits per heavy atom. The zero-order chi connectivity index (χ0) is 13.9. The molecule has 6 heteroatoms. The number of anilines is 1. The van der Waals surface area contributed by atoms with Crippen LogP contribution in [0.4, 0.5) is 5.82 Å². The van der Waals surface area contributed by atoms with E-state index in [0.29, 0.717) is 18.1 Å². The lowest BCUT2D eigenvalue weighted by molar-refractivity contribution is 0.0821. The molecule has 1 heterocycles. The number of nitrogens with zero attached hydrogens (tertiary/aromatic N) is 3. The van der Waals surface area contributed by atoms with Crippen molar-refractivity contribution < 1.29 is 4.79 Å². The quantitative estimate of drug-likeness (QED) is 0.841. The van der Waals surface area contributed by atoms with E-state index in [1.165, 1.54) is 17.7 Å². The second-order valence-corrected chi connectivity index (χ2v) is 5.32. The maximum absolute atomic E-state index is 11.7. The predicted octanol–water partition coefficient (Wildman–Crippen LogP) is 0.862. The van der Waals surface area contributed by atoms with Crippen molar-refractivity contribution in [3.8, 4) is 0 Å². The first-order chi connectivity index (χ1) is 9.06. The summed E-state index contributed by atoms with van der Waals surface area (Å²) in [7, 11) is 3.39. The molecule has 0 aliphatic heterocycles. The Labute approximate surface area is 113 Å². The maximum atomic E-state index is 11.7. The number of hydrogen-bond acceptors (Lipinski definition) is 5. The molecule has 2 rings (SSSR count). The first-order valence-corrected chi connectivity index (χ1v) is 6.60. The highest BCUT2D eigenvalue weighted by Gasteiger charge is 2.32. The molecule has 0 saturated heterocycles. The Morgan fingerprint density at radius 1 is 1.37 bits per heavy atom. The van der Waals surface area contributed by atoms with E-state index in [0.717, 1.165) is 12.8 Å². The lowest BCUT2D eigenvalue weighted by atomic mass is 9.98. The van der Waals surface area contributed by atoms with Crippen molar-refractivity contribution in [2.45, 2.75) is 31.2 Å². The first kappa shape index (κ1) is 13.7. The van der Waals surface area contributed by atoms with Gasteiger partial charge < -0.3 is 16.0 Å². The minimum atomic E-state index is -0.145. The molecule has 1 aromatic heterocycles. The van der Waals surface area contributed by atoms with Crippen LogP contribution in [0.25, 0.3) is 0 Å². The molecule has 0 aromatic carbocycles. The fourth-order valence-corrected chi connectivity index (χ4v) is 2.45. The van der Waals surface area contributed by atoms with E-state index < -0.39 is 0 Å². The number of rotatable bonds is 4. The molecule has 1 amide bonds. The highest BCUT2D eigenvalue weighted by molar-refractivity contribution is 5.91. The van der Waals surface area contributed by atoms with Crippen LogP contribution in [0.1, 0.15) is 36.2 Å². The Bertz CT molecular complexity index is 437. The molecule has 3 N–H and O–H groups in total. The van der Waals surface area contributed by atoms with Crippen LogP contribution in [0.2, 0.25) is 0 Å². The second-order valence-electron chi connectivity index (χ2n) is 5.32. The van der Waals surface area contributed by atoms with Crippen molar-refractivity contribution in [1.82, 2.24) is 15.1 Å². The van der Waals surface area contributed by atoms with Gasteiger partial charge in [0.05, 0.1) is 5.54 Å². The van der Waals surface area contributed by atoms with E-state index in [4.69, 9.17) is 5.73 Å². The number of hydrogen-bond donors (Lipinski definition) is 2. The van der Waals surface area contributed by atoms with Gasteiger partial charge in [-0.3, -0.25) is 4.79 Å². The first-order valence-electron chi connectivity index (χ1n) is 6.60. The van der Waals surface area contributed by atoms with Crippen LogP contribution in [0.5, 0.6) is 0 Å². The van der Waals surface area contributed by atoms with Gasteiger partial charge in [-0.05, 0) is 25.0 Å². The molecule has 6 nitrogen and oxygen atoms in total. The van der Waals surface area contributed by atoms with Crippen molar-refractivity contribution in [2.24, 2.45) is 5.73 Å². The van der Waals surface area contributed by atoms with Gasteiger partial charge in [-0.2, -0.15) is 0 Å². The number of aromatic nitrogens is 2. The van der Waals surface area contributed by atoms with Gasteiger partial charge in [0.1, 0.15) is 5.82 Å². The number of nitrogens with two attached hydrogens (primary N) is 1. The van der Waals surface area contributed by atoms with Gasteiger partial charge >= 0.3 is 0 Å². The molecule has 1 aliphatic rings. The monoisotopic (exact) mass is 263 g/mol. The SMILES string of the molecule is CN(C)C(=O)c1ccc(NC2(CN)CCCC2)nn1. The number of carbonyl (C=O) groups excluding carboxylic acids is 1. The molecule has 1 aliphatic carbocycles. The van der Waals surface area contributed by atoms with Crippen LogP contribution in [-0.4, -0.2) is 47.2 Å². The van der Waals surface area contributed by atoms with Crippen LogP contribution in [-0.2, 0) is 0 Å². The zero-order valence-electron chi connectivity index (χ0n) is 11.5. The van der Waals surface area contributed by atoms with Gasteiger partial charge in [0.2, 0.25) is 0 Å². The van der Waals surface area contributed by atoms with E-state index in [2.05, 4.69) is 15.5 Å². The van der Waals surface area contributed by atoms with Gasteiger partial charge in [-0.25, -0.2) is 0 Å². The van der Waals surface area contributed by atoms with Crippen molar-refractivity contribution in [3.63, 3.8) is 0 Å². The van der Waals surface area contributed by atoms with Crippen molar-refractivity contribution in [1.29, 1.82) is 0 Å². The molecule has 0 radical (unpaired) electrons. The van der Waals surface area contributed by atoms with Gasteiger partial charge in [-0.1, -0.05) is 12.8 Å². The second kappa shape index (κ2) is 5.52. The van der Waals surface area contributed by atoms with Gasteiger partial charge in [0.25, 0.3) is 5.91 Å². The minimum Gasteiger partial charge on any atom is -0.362 e. The van der Waals surface area contributed by atoms with Crippen molar-refractivity contribution in [2.75, 3.05) is 26.0 Å². The number of amides is 1. The molecule has 19 heavy (non-hydrogen) atoms. The summed E-state index contributed by atoms with van der Waals surface area (Å²) in [5.74, 6) is 0.538. The Balaban J connectivity index is 2.08. The molecule has 0 bridgehead atoms. The summed E-state index contributed by atoms with van der Waals surface area (Å²) in [5, 5.41) is 11.4. The number of carbonyl (C=O) groups is 1. The van der Waals surface area contributed by atoms with Crippen LogP contribution in [0.3, 0.4) is 0 Å². The van der Waals surface area contributed by atoms with Gasteiger partial charge in [0.15, 0.2) is 5.69 Å². The standard InChI is InChI=1S/C13H21N5O/c1-18(2)12(19)10-5-6-11(17-16-10)15-13(9-14)7-3-4-8-13/h5-6H,3-4,7-9,14H2,1-2H3,(H,15,17). The summed E-state index contributed by atoms with van der Waals surface area (Å²) < 4.78 is 0. The van der Waals surface area contributed by atoms with Crippen LogP contribution in [0.15, 0.2) is 12.1 Å². The molecular weight excluding hydrogens is 242 g/mol. The molecule has 0 spiro atoms. The summed E-state index contributed by atoms with van der Waals surface area (Å²) in [6, 6.07) is 3.48. The highest BCUT2D eigenvalue weighted by Crippen LogP contribution is 2.31. The molecule has 104 valence electrons. The lowest BCUT2D eigenvalue weighted by Crippen LogP contribution is -2.43. The third-order valence-corrected chi connectivity index (χ3v) is 3.63. The zero-order valence-corrected chi connectivity index (χ0v) is 11.5. The smallest absolute Gasteiger partial charge is 0.273 e. The average Bonchev–Trinajstić information content (AvgIpc) is 2.88. The normalized spacial score (nSPS) is 17.2. The van der Waals surface area contributed by atoms with E-state index >= 15 is 0 Å². The van der Waals surface area contributed by atoms with Crippen LogP contribution in [0, 0.1) is 0 Å². The van der Waals surface area contributed by atoms with E-state index in [1.807, 2.05) is 0 Å². The molecule has 1 aromatic rings. The van der Waals surface area contributed by atoms with E-state index in [-0.39, 0.29) is 11.4 Å². The highest BCUT2D eigenvalue weighted by atomic mass is 16.2. The summed E-state index contributed by atoms with van der Waals surface area (Å²) >= 11 is 0. The molecular formula is C13H21N5O. The Kier molecular flexibility index (Phi) is 3.99. The fourth-order valence-electron chi connectivity index (χ4n) is 2.45. The molecule has 1 saturated carbocycles. The van der Waals surface area contributed by atoms with Gasteiger partial charge in [0, 0.05) is 20.6 Å². The maximum Gasteiger partial charge on any atom is 0.273 e. The van der Waals surface area contributed by atoms with Crippen LogP contribution >= 0.6 is 0 Å². The average molecular weight is 263 g/mol. The Morgan fingerprint density at radius 2 is 2.05 bits per heavy atom. The van der Waals surface area contributed by atoms with E-state index in [1.54, 1.807) is 26.2 Å². The third-order valence-electron chi connectivity index (χ3n) is 3.63. The largest absolute Gasteiger partial charge is 0.362 e. The summed E-state index contributed by atoms with van der Waals surface area (Å²) in [4.78, 5) is 13.2. The topological polar surface area (TPSA) is 84.1 Å². The summed E-state index contributed by atoms with van der Waals surface area (Å²) in [5.41, 5.74) is 6.16. The van der Waals surface area contributed by atoms with E-state index in [9.17, 15) is 4.79 Å². The summed E-state index contributed by atoms with van der Waals surface area (Å²) in [6.45, 7) is 0.590. The minimum absolute atomic E-state index is 0.0538. The molecule has 1 fully saturated rings. The number of nitrogens with one attached hydrogen (secondary N) is 1. The predicted molar refractivity (Wildman–Crippen MR) is 73.9 cm³/mol. The third kappa shape index (κ3) is 3.01. The fraction of sp³-hybridized carbons (Fsp3) is 0.615. The van der Waals surface area contributed by atoms with Crippen LogP contribution < -0.4 is 11.1 Å². The lowest BCUT2D eigenvalue weighted by Gasteiger charge is -2.29. The van der Waals surface area contributed by atoms with Gasteiger partial charge in [-0.15, -0.1) is 10.2 Å². The molecule has 0 unspecified atom stereocenters. The van der Waals surface area contributed by atoms with Crippen molar-refractivity contribution in [3.05, 3.63) is 17.8 Å². The summed E-state index contributed by atoms with van der Waals surface area (Å²) in [6.07, 6.45) is 4.50. The van der Waals surface area contributed by atoms with Crippen molar-refractivity contribution >= 4 is 11.7 Å². The molecule has 0 atom stereocenters. The Hall–Kier alpha value is -1.69.